The van der Waals surface area contributed by atoms with Gasteiger partial charge in [0.25, 0.3) is 0 Å². The number of hydrogen-bond acceptors (Lipinski definition) is 2. The first-order valence-electron chi connectivity index (χ1n) is 8.88. The average molecular weight is 286 g/mol. The molecular formula is C19H30N2. The maximum atomic E-state index is 3.79. The zero-order valence-electron chi connectivity index (χ0n) is 13.7. The van der Waals surface area contributed by atoms with Crippen molar-refractivity contribution < 1.29 is 0 Å². The molecule has 0 radical (unpaired) electrons. The van der Waals surface area contributed by atoms with Gasteiger partial charge >= 0.3 is 0 Å². The van der Waals surface area contributed by atoms with Gasteiger partial charge in [0.05, 0.1) is 0 Å². The molecule has 2 heteroatoms. The van der Waals surface area contributed by atoms with Crippen molar-refractivity contribution in [1.29, 1.82) is 0 Å². The van der Waals surface area contributed by atoms with Crippen LogP contribution in [-0.2, 0) is 0 Å². The highest BCUT2D eigenvalue weighted by atomic mass is 15.1. The van der Waals surface area contributed by atoms with Gasteiger partial charge < -0.3 is 10.2 Å². The Hall–Kier alpha value is -1.18. The van der Waals surface area contributed by atoms with Crippen molar-refractivity contribution in [3.05, 3.63) is 23.8 Å². The molecule has 1 heterocycles. The molecule has 0 aromatic heterocycles. The lowest BCUT2D eigenvalue weighted by atomic mass is 9.84. The Kier molecular flexibility index (Phi) is 4.72. The number of aryl methyl sites for hydroxylation is 1. The molecule has 0 bridgehead atoms. The van der Waals surface area contributed by atoms with E-state index in [1.807, 2.05) is 0 Å². The summed E-state index contributed by atoms with van der Waals surface area (Å²) in [6, 6.07) is 7.66. The average Bonchev–Trinajstić information content (AvgIpc) is 3.04. The van der Waals surface area contributed by atoms with Crippen LogP contribution >= 0.6 is 0 Å². The number of nitrogens with zero attached hydrogens (tertiary/aromatic N) is 1. The minimum absolute atomic E-state index is 0.684. The third kappa shape index (κ3) is 3.53. The van der Waals surface area contributed by atoms with Gasteiger partial charge in [-0.3, -0.25) is 0 Å². The molecule has 116 valence electrons. The molecule has 2 nitrogen and oxygen atoms in total. The van der Waals surface area contributed by atoms with Crippen LogP contribution in [0.15, 0.2) is 18.2 Å². The summed E-state index contributed by atoms with van der Waals surface area (Å²) < 4.78 is 0. The smallest absolute Gasteiger partial charge is 0.0373 e. The van der Waals surface area contributed by atoms with Crippen LogP contribution in [0.4, 0.5) is 11.4 Å². The van der Waals surface area contributed by atoms with Crippen LogP contribution in [0.2, 0.25) is 0 Å². The molecule has 0 amide bonds. The van der Waals surface area contributed by atoms with Crippen LogP contribution in [0.3, 0.4) is 0 Å². The molecule has 21 heavy (non-hydrogen) atoms. The molecule has 0 unspecified atom stereocenters. The number of anilines is 2. The summed E-state index contributed by atoms with van der Waals surface area (Å²) in [5.74, 6) is 0.974. The standard InChI is InChI=1S/C19H30N2/c1-3-16-6-8-17(9-7-16)20-19-11-10-18(14-15(19)2)21-12-4-5-13-21/h10-11,14,16-17,20H,3-9,12-13H2,1-2H3. The highest BCUT2D eigenvalue weighted by molar-refractivity contribution is 5.60. The van der Waals surface area contributed by atoms with E-state index in [9.17, 15) is 0 Å². The SMILES string of the molecule is CCC1CCC(Nc2ccc(N3CCCC3)cc2C)CC1. The lowest BCUT2D eigenvalue weighted by Gasteiger charge is -2.30. The maximum Gasteiger partial charge on any atom is 0.0373 e. The van der Waals surface area contributed by atoms with Crippen LogP contribution in [0, 0.1) is 12.8 Å². The quantitative estimate of drug-likeness (QED) is 0.840. The van der Waals surface area contributed by atoms with Crippen LogP contribution in [0.1, 0.15) is 57.4 Å². The minimum Gasteiger partial charge on any atom is -0.382 e. The molecule has 1 saturated heterocycles. The van der Waals surface area contributed by atoms with Gasteiger partial charge in [-0.1, -0.05) is 13.3 Å². The number of hydrogen-bond donors (Lipinski definition) is 1. The Balaban J connectivity index is 1.61. The van der Waals surface area contributed by atoms with E-state index in [4.69, 9.17) is 0 Å². The first-order chi connectivity index (χ1) is 10.3. The van der Waals surface area contributed by atoms with Crippen molar-refractivity contribution in [3.8, 4) is 0 Å². The van der Waals surface area contributed by atoms with Crippen molar-refractivity contribution in [1.82, 2.24) is 0 Å². The van der Waals surface area contributed by atoms with Crippen molar-refractivity contribution in [2.75, 3.05) is 23.3 Å². The van der Waals surface area contributed by atoms with Gasteiger partial charge in [-0.05, 0) is 75.1 Å². The first-order valence-corrected chi connectivity index (χ1v) is 8.88. The van der Waals surface area contributed by atoms with Gasteiger partial charge in [-0.25, -0.2) is 0 Å². The normalized spacial score (nSPS) is 26.1. The molecular weight excluding hydrogens is 256 g/mol. The summed E-state index contributed by atoms with van der Waals surface area (Å²) in [5.41, 5.74) is 4.15. The molecule has 0 atom stereocenters. The summed E-state index contributed by atoms with van der Waals surface area (Å²) in [5, 5.41) is 3.79. The highest BCUT2D eigenvalue weighted by Crippen LogP contribution is 2.31. The van der Waals surface area contributed by atoms with Crippen molar-refractivity contribution in [3.63, 3.8) is 0 Å². The van der Waals surface area contributed by atoms with Gasteiger partial charge in [0, 0.05) is 30.5 Å². The monoisotopic (exact) mass is 286 g/mol. The van der Waals surface area contributed by atoms with Crippen LogP contribution in [0.5, 0.6) is 0 Å². The molecule has 1 aromatic carbocycles. The number of rotatable bonds is 4. The molecule has 1 saturated carbocycles. The fraction of sp³-hybridized carbons (Fsp3) is 0.684. The zero-order valence-corrected chi connectivity index (χ0v) is 13.7. The predicted octanol–water partition coefficient (Wildman–Crippen LogP) is 4.98. The maximum absolute atomic E-state index is 3.79. The topological polar surface area (TPSA) is 15.3 Å². The predicted molar refractivity (Wildman–Crippen MR) is 92.3 cm³/mol. The van der Waals surface area contributed by atoms with E-state index >= 15 is 0 Å². The first kappa shape index (κ1) is 14.7. The Labute approximate surface area is 129 Å². The minimum atomic E-state index is 0.684. The molecule has 1 N–H and O–H groups in total. The Bertz CT molecular complexity index is 455. The molecule has 1 aromatic rings. The van der Waals surface area contributed by atoms with E-state index in [0.29, 0.717) is 6.04 Å². The molecule has 2 aliphatic rings. The van der Waals surface area contributed by atoms with Crippen molar-refractivity contribution in [2.45, 2.75) is 64.8 Å². The van der Waals surface area contributed by atoms with E-state index in [1.54, 1.807) is 0 Å². The largest absolute Gasteiger partial charge is 0.382 e. The Morgan fingerprint density at radius 2 is 1.81 bits per heavy atom. The second kappa shape index (κ2) is 6.72. The van der Waals surface area contributed by atoms with Gasteiger partial charge in [0.15, 0.2) is 0 Å². The lowest BCUT2D eigenvalue weighted by Crippen LogP contribution is -2.26. The molecule has 3 rings (SSSR count). The van der Waals surface area contributed by atoms with Crippen LogP contribution < -0.4 is 10.2 Å². The molecule has 0 spiro atoms. The van der Waals surface area contributed by atoms with E-state index in [-0.39, 0.29) is 0 Å². The van der Waals surface area contributed by atoms with Crippen molar-refractivity contribution in [2.24, 2.45) is 5.92 Å². The van der Waals surface area contributed by atoms with E-state index in [0.717, 1.165) is 5.92 Å². The molecule has 1 aliphatic carbocycles. The van der Waals surface area contributed by atoms with Gasteiger partial charge in [-0.2, -0.15) is 0 Å². The Morgan fingerprint density at radius 1 is 1.10 bits per heavy atom. The van der Waals surface area contributed by atoms with Crippen LogP contribution in [-0.4, -0.2) is 19.1 Å². The van der Waals surface area contributed by atoms with Gasteiger partial charge in [0.1, 0.15) is 0 Å². The summed E-state index contributed by atoms with van der Waals surface area (Å²) in [7, 11) is 0. The summed E-state index contributed by atoms with van der Waals surface area (Å²) in [6.07, 6.45) is 9.53. The third-order valence-electron chi connectivity index (χ3n) is 5.46. The second-order valence-electron chi connectivity index (χ2n) is 6.96. The van der Waals surface area contributed by atoms with E-state index < -0.39 is 0 Å². The number of nitrogens with one attached hydrogen (secondary N) is 1. The third-order valence-corrected chi connectivity index (χ3v) is 5.46. The summed E-state index contributed by atoms with van der Waals surface area (Å²) >= 11 is 0. The number of benzene rings is 1. The van der Waals surface area contributed by atoms with E-state index in [1.165, 1.54) is 75.0 Å². The Morgan fingerprint density at radius 3 is 2.43 bits per heavy atom. The highest BCUT2D eigenvalue weighted by Gasteiger charge is 2.20. The zero-order chi connectivity index (χ0) is 14.7. The summed E-state index contributed by atoms with van der Waals surface area (Å²) in [6.45, 7) is 7.04. The van der Waals surface area contributed by atoms with Gasteiger partial charge in [-0.15, -0.1) is 0 Å². The molecule has 1 aliphatic heterocycles. The van der Waals surface area contributed by atoms with Gasteiger partial charge in [0.2, 0.25) is 0 Å². The lowest BCUT2D eigenvalue weighted by molar-refractivity contribution is 0.330. The van der Waals surface area contributed by atoms with Crippen LogP contribution in [0.25, 0.3) is 0 Å². The van der Waals surface area contributed by atoms with Crippen molar-refractivity contribution >= 4 is 11.4 Å². The fourth-order valence-electron chi connectivity index (χ4n) is 3.92. The second-order valence-corrected chi connectivity index (χ2v) is 6.96. The van der Waals surface area contributed by atoms with E-state index in [2.05, 4.69) is 42.3 Å². The molecule has 2 fully saturated rings. The fourth-order valence-corrected chi connectivity index (χ4v) is 3.92. The summed E-state index contributed by atoms with van der Waals surface area (Å²) in [4.78, 5) is 2.52.